The van der Waals surface area contributed by atoms with Gasteiger partial charge in [0.15, 0.2) is 0 Å². The summed E-state index contributed by atoms with van der Waals surface area (Å²) in [5.41, 5.74) is 1.60. The van der Waals surface area contributed by atoms with Crippen LogP contribution in [-0.2, 0) is 0 Å². The lowest BCUT2D eigenvalue weighted by Crippen LogP contribution is -1.94. The Morgan fingerprint density at radius 1 is 1.15 bits per heavy atom. The van der Waals surface area contributed by atoms with Crippen molar-refractivity contribution < 1.29 is 9.26 Å². The van der Waals surface area contributed by atoms with Gasteiger partial charge in [-0.15, -0.1) is 0 Å². The molecule has 0 fully saturated rings. The molecule has 1 aromatic carbocycles. The van der Waals surface area contributed by atoms with Gasteiger partial charge in [-0.3, -0.25) is 4.98 Å². The van der Waals surface area contributed by atoms with E-state index in [-0.39, 0.29) is 0 Å². The van der Waals surface area contributed by atoms with Crippen LogP contribution in [0.15, 0.2) is 53.3 Å². The maximum absolute atomic E-state index is 5.57. The first-order valence-electron chi connectivity index (χ1n) is 6.35. The molecule has 0 aliphatic rings. The molecular weight excluding hydrogens is 254 g/mol. The smallest absolute Gasteiger partial charge is 0.259 e. The van der Waals surface area contributed by atoms with Crippen LogP contribution in [0.5, 0.6) is 5.75 Å². The van der Waals surface area contributed by atoms with Crippen molar-refractivity contribution in [2.75, 3.05) is 6.61 Å². The second kappa shape index (κ2) is 5.52. The predicted molar refractivity (Wildman–Crippen MR) is 74.1 cm³/mol. The average Bonchev–Trinajstić information content (AvgIpc) is 2.99. The van der Waals surface area contributed by atoms with E-state index in [4.69, 9.17) is 9.26 Å². The van der Waals surface area contributed by atoms with Crippen LogP contribution in [0.3, 0.4) is 0 Å². The highest BCUT2D eigenvalue weighted by Gasteiger charge is 2.14. The van der Waals surface area contributed by atoms with Crippen LogP contribution < -0.4 is 4.74 Å². The quantitative estimate of drug-likeness (QED) is 0.726. The van der Waals surface area contributed by atoms with E-state index in [2.05, 4.69) is 15.1 Å². The Morgan fingerprint density at radius 2 is 2.05 bits per heavy atom. The molecule has 0 aliphatic heterocycles. The highest BCUT2D eigenvalue weighted by atomic mass is 16.5. The van der Waals surface area contributed by atoms with Gasteiger partial charge in [0, 0.05) is 12.4 Å². The minimum absolute atomic E-state index is 0.444. The standard InChI is InChI=1S/C15H13N3O2/c1-2-19-13-8-4-3-7-12(13)14-17-15(20-18-14)11-6-5-9-16-10-11/h3-10H,2H2,1H3. The van der Waals surface area contributed by atoms with Gasteiger partial charge in [0.1, 0.15) is 5.75 Å². The summed E-state index contributed by atoms with van der Waals surface area (Å²) in [5.74, 6) is 1.70. The van der Waals surface area contributed by atoms with Crippen molar-refractivity contribution in [3.63, 3.8) is 0 Å². The molecule has 0 radical (unpaired) electrons. The topological polar surface area (TPSA) is 61.0 Å². The monoisotopic (exact) mass is 267 g/mol. The second-order valence-corrected chi connectivity index (χ2v) is 4.09. The van der Waals surface area contributed by atoms with E-state index in [0.29, 0.717) is 18.3 Å². The number of hydrogen-bond donors (Lipinski definition) is 0. The molecule has 100 valence electrons. The molecule has 0 atom stereocenters. The van der Waals surface area contributed by atoms with Crippen LogP contribution in [0.1, 0.15) is 6.92 Å². The molecule has 5 nitrogen and oxygen atoms in total. The van der Waals surface area contributed by atoms with Gasteiger partial charge in [0.25, 0.3) is 5.89 Å². The molecule has 0 unspecified atom stereocenters. The third-order valence-corrected chi connectivity index (χ3v) is 2.76. The number of pyridine rings is 1. The van der Waals surface area contributed by atoms with Crippen LogP contribution in [0.4, 0.5) is 0 Å². The molecule has 2 heterocycles. The zero-order chi connectivity index (χ0) is 13.8. The van der Waals surface area contributed by atoms with E-state index in [1.165, 1.54) is 0 Å². The summed E-state index contributed by atoms with van der Waals surface area (Å²) < 4.78 is 10.9. The Morgan fingerprint density at radius 3 is 2.85 bits per heavy atom. The summed E-state index contributed by atoms with van der Waals surface area (Å²) in [7, 11) is 0. The molecular formula is C15H13N3O2. The second-order valence-electron chi connectivity index (χ2n) is 4.09. The number of ether oxygens (including phenoxy) is 1. The maximum atomic E-state index is 5.57. The summed E-state index contributed by atoms with van der Waals surface area (Å²) in [6.45, 7) is 2.53. The number of nitrogens with zero attached hydrogens (tertiary/aromatic N) is 3. The molecule has 0 saturated heterocycles. The average molecular weight is 267 g/mol. The number of para-hydroxylation sites is 1. The molecule has 2 aromatic heterocycles. The summed E-state index contributed by atoms with van der Waals surface area (Å²) in [6, 6.07) is 11.3. The van der Waals surface area contributed by atoms with Crippen molar-refractivity contribution in [2.24, 2.45) is 0 Å². The summed E-state index contributed by atoms with van der Waals surface area (Å²) >= 11 is 0. The third-order valence-electron chi connectivity index (χ3n) is 2.76. The maximum Gasteiger partial charge on any atom is 0.259 e. The zero-order valence-electron chi connectivity index (χ0n) is 11.0. The fraction of sp³-hybridized carbons (Fsp3) is 0.133. The molecule has 0 amide bonds. The molecule has 3 aromatic rings. The first kappa shape index (κ1) is 12.3. The molecule has 0 bridgehead atoms. The minimum Gasteiger partial charge on any atom is -0.493 e. The molecule has 5 heteroatoms. The molecule has 20 heavy (non-hydrogen) atoms. The van der Waals surface area contributed by atoms with Gasteiger partial charge in [-0.1, -0.05) is 17.3 Å². The van der Waals surface area contributed by atoms with Crippen molar-refractivity contribution in [1.29, 1.82) is 0 Å². The van der Waals surface area contributed by atoms with Crippen molar-refractivity contribution in [1.82, 2.24) is 15.1 Å². The minimum atomic E-state index is 0.444. The number of hydrogen-bond acceptors (Lipinski definition) is 5. The van der Waals surface area contributed by atoms with Crippen LogP contribution in [-0.4, -0.2) is 21.7 Å². The highest BCUT2D eigenvalue weighted by molar-refractivity contribution is 5.65. The molecule has 3 rings (SSSR count). The van der Waals surface area contributed by atoms with E-state index in [0.717, 1.165) is 16.9 Å². The van der Waals surface area contributed by atoms with Crippen molar-refractivity contribution >= 4 is 0 Å². The summed E-state index contributed by atoms with van der Waals surface area (Å²) in [4.78, 5) is 8.43. The van der Waals surface area contributed by atoms with E-state index in [1.54, 1.807) is 12.4 Å². The van der Waals surface area contributed by atoms with Crippen molar-refractivity contribution in [3.05, 3.63) is 48.8 Å². The Kier molecular flexibility index (Phi) is 3.41. The normalized spacial score (nSPS) is 10.4. The molecule has 0 aliphatic carbocycles. The van der Waals surface area contributed by atoms with E-state index < -0.39 is 0 Å². The van der Waals surface area contributed by atoms with Crippen LogP contribution in [0.2, 0.25) is 0 Å². The van der Waals surface area contributed by atoms with Gasteiger partial charge in [-0.05, 0) is 31.2 Å². The van der Waals surface area contributed by atoms with Gasteiger partial charge < -0.3 is 9.26 Å². The van der Waals surface area contributed by atoms with Gasteiger partial charge in [0.05, 0.1) is 17.7 Å². The fourth-order valence-corrected chi connectivity index (χ4v) is 1.87. The van der Waals surface area contributed by atoms with E-state index in [1.807, 2.05) is 43.3 Å². The lowest BCUT2D eigenvalue weighted by molar-refractivity contribution is 0.341. The van der Waals surface area contributed by atoms with E-state index in [9.17, 15) is 0 Å². The SMILES string of the molecule is CCOc1ccccc1-c1noc(-c2cccnc2)n1. The summed E-state index contributed by atoms with van der Waals surface area (Å²) in [6.07, 6.45) is 3.39. The number of aromatic nitrogens is 3. The Bertz CT molecular complexity index is 695. The first-order chi connectivity index (χ1) is 9.88. The summed E-state index contributed by atoms with van der Waals surface area (Å²) in [5, 5.41) is 4.01. The predicted octanol–water partition coefficient (Wildman–Crippen LogP) is 3.20. The van der Waals surface area contributed by atoms with E-state index >= 15 is 0 Å². The highest BCUT2D eigenvalue weighted by Crippen LogP contribution is 2.29. The Balaban J connectivity index is 1.98. The Labute approximate surface area is 116 Å². The molecule has 0 saturated carbocycles. The number of rotatable bonds is 4. The number of benzene rings is 1. The molecule has 0 N–H and O–H groups in total. The molecule has 0 spiro atoms. The van der Waals surface area contributed by atoms with Crippen molar-refractivity contribution in [2.45, 2.75) is 6.92 Å². The van der Waals surface area contributed by atoms with Gasteiger partial charge in [-0.25, -0.2) is 0 Å². The lowest BCUT2D eigenvalue weighted by Gasteiger charge is -2.05. The third kappa shape index (κ3) is 2.38. The fourth-order valence-electron chi connectivity index (χ4n) is 1.87. The lowest BCUT2D eigenvalue weighted by atomic mass is 10.2. The zero-order valence-corrected chi connectivity index (χ0v) is 11.0. The van der Waals surface area contributed by atoms with Gasteiger partial charge >= 0.3 is 0 Å². The van der Waals surface area contributed by atoms with Crippen LogP contribution in [0, 0.1) is 0 Å². The van der Waals surface area contributed by atoms with Gasteiger partial charge in [-0.2, -0.15) is 4.98 Å². The van der Waals surface area contributed by atoms with Crippen molar-refractivity contribution in [3.8, 4) is 28.6 Å². The van der Waals surface area contributed by atoms with Crippen LogP contribution in [0.25, 0.3) is 22.8 Å². The Hall–Kier alpha value is -2.69. The first-order valence-corrected chi connectivity index (χ1v) is 6.35. The van der Waals surface area contributed by atoms with Gasteiger partial charge in [0.2, 0.25) is 5.82 Å². The largest absolute Gasteiger partial charge is 0.493 e. The van der Waals surface area contributed by atoms with Crippen LogP contribution >= 0.6 is 0 Å².